The van der Waals surface area contributed by atoms with Gasteiger partial charge < -0.3 is 15.7 Å². The zero-order chi connectivity index (χ0) is 33.2. The third kappa shape index (κ3) is 10.8. The zero-order valence-corrected chi connectivity index (χ0v) is 27.5. The maximum Gasteiger partial charge on any atom is 0.251 e. The molecule has 1 aromatic carbocycles. The fourth-order valence-corrected chi connectivity index (χ4v) is 5.89. The molecule has 5 nitrogen and oxygen atoms in total. The highest BCUT2D eigenvalue weighted by Crippen LogP contribution is 2.39. The Hall–Kier alpha value is -3.63. The first-order chi connectivity index (χ1) is 21.2. The highest BCUT2D eigenvalue weighted by molar-refractivity contribution is 6.35. The van der Waals surface area contributed by atoms with Gasteiger partial charge >= 0.3 is 0 Å². The number of aliphatic hydroxyl groups excluding tert-OH is 1. The molecule has 44 heavy (non-hydrogen) atoms. The molecular weight excluding hydrogens is 580 g/mol. The van der Waals surface area contributed by atoms with E-state index in [2.05, 4.69) is 42.0 Å². The second-order valence-corrected chi connectivity index (χ2v) is 10.8. The van der Waals surface area contributed by atoms with Crippen LogP contribution in [0.25, 0.3) is 11.3 Å². The molecule has 240 valence electrons. The molecule has 0 aliphatic heterocycles. The second-order valence-electron chi connectivity index (χ2n) is 10.4. The summed E-state index contributed by atoms with van der Waals surface area (Å²) in [5.74, 6) is -1.70. The number of carbonyl (C=O) groups is 1. The van der Waals surface area contributed by atoms with Gasteiger partial charge in [0.2, 0.25) is 0 Å². The first-order valence-corrected chi connectivity index (χ1v) is 15.7. The van der Waals surface area contributed by atoms with Crippen LogP contribution in [0.2, 0.25) is 0 Å². The monoisotopic (exact) mass is 627 g/mol. The van der Waals surface area contributed by atoms with Gasteiger partial charge in [-0.25, -0.2) is 8.78 Å². The summed E-state index contributed by atoms with van der Waals surface area (Å²) in [6.45, 7) is 10.9. The molecule has 3 N–H and O–H groups in total. The molecule has 0 heterocycles. The molecule has 2 unspecified atom stereocenters. The van der Waals surface area contributed by atoms with Crippen molar-refractivity contribution in [2.24, 2.45) is 16.8 Å². The highest BCUT2D eigenvalue weighted by atomic mass is 35.5. The van der Waals surface area contributed by atoms with E-state index in [0.717, 1.165) is 38.7 Å². The minimum Gasteiger partial charge on any atom is -0.508 e. The Bertz CT molecular complexity index is 1280. The van der Waals surface area contributed by atoms with E-state index in [1.807, 2.05) is 19.9 Å². The Morgan fingerprint density at radius 2 is 1.89 bits per heavy atom. The van der Waals surface area contributed by atoms with Gasteiger partial charge in [-0.3, -0.25) is 9.79 Å². The van der Waals surface area contributed by atoms with Crippen LogP contribution in [0.5, 0.6) is 0 Å². The van der Waals surface area contributed by atoms with Crippen LogP contribution in [0.4, 0.5) is 8.78 Å². The number of nitrogens with one attached hydrogen (secondary N) is 2. The molecule has 0 radical (unpaired) electrons. The van der Waals surface area contributed by atoms with Crippen LogP contribution >= 0.6 is 11.6 Å². The van der Waals surface area contributed by atoms with Gasteiger partial charge in [0.1, 0.15) is 17.4 Å². The van der Waals surface area contributed by atoms with Gasteiger partial charge in [-0.1, -0.05) is 76.8 Å². The third-order valence-electron chi connectivity index (χ3n) is 7.62. The number of rotatable bonds is 10. The van der Waals surface area contributed by atoms with Gasteiger partial charge in [0.15, 0.2) is 5.83 Å². The minimum absolute atomic E-state index is 0.117. The van der Waals surface area contributed by atoms with Crippen LogP contribution < -0.4 is 10.6 Å². The van der Waals surface area contributed by atoms with Gasteiger partial charge in [-0.05, 0) is 73.9 Å². The lowest BCUT2D eigenvalue weighted by Crippen LogP contribution is -2.41. The molecule has 0 aromatic heterocycles. The van der Waals surface area contributed by atoms with Crippen molar-refractivity contribution in [3.05, 3.63) is 82.6 Å². The number of benzene rings is 1. The average molecular weight is 628 g/mol. The van der Waals surface area contributed by atoms with Crippen molar-refractivity contribution >= 4 is 34.7 Å². The van der Waals surface area contributed by atoms with Crippen molar-refractivity contribution in [2.45, 2.75) is 85.1 Å². The lowest BCUT2D eigenvalue weighted by Gasteiger charge is -2.31. The number of allylic oxidation sites excluding steroid dienone is 6. The van der Waals surface area contributed by atoms with Crippen molar-refractivity contribution in [1.82, 2.24) is 10.6 Å². The van der Waals surface area contributed by atoms with Crippen molar-refractivity contribution < 1.29 is 18.7 Å². The van der Waals surface area contributed by atoms with Gasteiger partial charge in [0.05, 0.1) is 0 Å². The summed E-state index contributed by atoms with van der Waals surface area (Å²) in [5, 5.41) is 17.2. The topological polar surface area (TPSA) is 73.7 Å². The van der Waals surface area contributed by atoms with E-state index < -0.39 is 11.7 Å². The second kappa shape index (κ2) is 20.3. The molecular formula is C36H48ClF2N3O2. The Balaban J connectivity index is 0.00000232. The zero-order valence-electron chi connectivity index (χ0n) is 26.7. The Morgan fingerprint density at radius 3 is 2.45 bits per heavy atom. The Morgan fingerprint density at radius 1 is 1.23 bits per heavy atom. The molecule has 1 amide bonds. The van der Waals surface area contributed by atoms with E-state index in [4.69, 9.17) is 11.6 Å². The SMILES string of the molecule is C#C.C=C(O)c1cc(C(=O)NC(CCC)C2CCCCC2)ccc1C1=C(Cl)C=CCC1C(=NC)N/C=C/C(F)=C(\C)F.CC. The summed E-state index contributed by atoms with van der Waals surface area (Å²) in [6.07, 6.45) is 22.3. The summed E-state index contributed by atoms with van der Waals surface area (Å²) in [6, 6.07) is 5.26. The minimum atomic E-state index is -0.988. The van der Waals surface area contributed by atoms with E-state index in [-0.39, 0.29) is 23.6 Å². The number of aliphatic hydroxyl groups is 1. The van der Waals surface area contributed by atoms with Gasteiger partial charge in [-0.15, -0.1) is 12.8 Å². The van der Waals surface area contributed by atoms with E-state index >= 15 is 0 Å². The van der Waals surface area contributed by atoms with Crippen molar-refractivity contribution in [1.29, 1.82) is 0 Å². The molecule has 2 aliphatic carbocycles. The number of terminal acetylenes is 1. The highest BCUT2D eigenvalue weighted by Gasteiger charge is 2.29. The summed E-state index contributed by atoms with van der Waals surface area (Å²) in [4.78, 5) is 17.7. The van der Waals surface area contributed by atoms with Crippen molar-refractivity contribution in [2.75, 3.05) is 7.05 Å². The molecule has 2 atom stereocenters. The number of halogens is 3. The third-order valence-corrected chi connectivity index (χ3v) is 7.95. The predicted octanol–water partition coefficient (Wildman–Crippen LogP) is 9.80. The first kappa shape index (κ1) is 38.4. The summed E-state index contributed by atoms with van der Waals surface area (Å²) in [5.41, 5.74) is 2.10. The van der Waals surface area contributed by atoms with E-state index in [9.17, 15) is 18.7 Å². The maximum atomic E-state index is 13.6. The largest absolute Gasteiger partial charge is 0.508 e. The molecule has 0 spiro atoms. The van der Waals surface area contributed by atoms with Gasteiger partial charge in [0.25, 0.3) is 5.91 Å². The number of nitrogens with zero attached hydrogens (tertiary/aromatic N) is 1. The lowest BCUT2D eigenvalue weighted by molar-refractivity contribution is 0.0909. The predicted molar refractivity (Wildman–Crippen MR) is 183 cm³/mol. The Kier molecular flexibility index (Phi) is 17.8. The number of hydrogen-bond acceptors (Lipinski definition) is 3. The molecule has 1 fully saturated rings. The molecule has 3 rings (SSSR count). The molecule has 1 aromatic rings. The normalized spacial score (nSPS) is 18.3. The summed E-state index contributed by atoms with van der Waals surface area (Å²) >= 11 is 6.69. The van der Waals surface area contributed by atoms with Gasteiger partial charge in [0, 0.05) is 41.4 Å². The smallest absolute Gasteiger partial charge is 0.251 e. The number of carbonyl (C=O) groups excluding carboxylic acids is 1. The fourth-order valence-electron chi connectivity index (χ4n) is 5.57. The molecule has 8 heteroatoms. The molecule has 1 saturated carbocycles. The molecule has 0 saturated heterocycles. The maximum absolute atomic E-state index is 13.6. The molecule has 0 bridgehead atoms. The average Bonchev–Trinajstić information content (AvgIpc) is 3.04. The standard InChI is InChI=1S/C32H40ClF2N3O2.C2H6.C2H2/c1-5-10-29(22-11-7-6-8-12-22)38-32(40)23-15-16-24(26(19-23)21(3)39)30-25(13-9-14-27(30)33)31(36-4)37-18-17-28(35)20(2)34;2*1-2/h9,14-19,22,25,29,39H,3,5-8,10-13H2,1-2,4H3,(H,36,37)(H,38,40);1-2H3;1-2H/b18-17+,28-20-;;. The van der Waals surface area contributed by atoms with E-state index in [1.54, 1.807) is 31.3 Å². The van der Waals surface area contributed by atoms with Crippen molar-refractivity contribution in [3.63, 3.8) is 0 Å². The first-order valence-electron chi connectivity index (χ1n) is 15.3. The number of amides is 1. The van der Waals surface area contributed by atoms with Crippen LogP contribution in [0.3, 0.4) is 0 Å². The Labute approximate surface area is 268 Å². The van der Waals surface area contributed by atoms with Crippen LogP contribution in [0, 0.1) is 24.7 Å². The van der Waals surface area contributed by atoms with E-state index in [0.29, 0.717) is 45.5 Å². The van der Waals surface area contributed by atoms with Gasteiger partial charge in [-0.2, -0.15) is 0 Å². The van der Waals surface area contributed by atoms with E-state index in [1.165, 1.54) is 25.5 Å². The summed E-state index contributed by atoms with van der Waals surface area (Å²) < 4.78 is 26.7. The van der Waals surface area contributed by atoms with Crippen LogP contribution in [0.1, 0.15) is 101 Å². The van der Waals surface area contributed by atoms with Crippen LogP contribution in [-0.2, 0) is 0 Å². The number of aliphatic imine (C=N–C) groups is 1. The number of amidine groups is 1. The van der Waals surface area contributed by atoms with Crippen LogP contribution in [-0.4, -0.2) is 29.9 Å². The van der Waals surface area contributed by atoms with Crippen molar-refractivity contribution in [3.8, 4) is 12.8 Å². The lowest BCUT2D eigenvalue weighted by atomic mass is 9.82. The van der Waals surface area contributed by atoms with Crippen LogP contribution in [0.15, 0.2) is 70.9 Å². The quantitative estimate of drug-likeness (QED) is 0.0795. The summed E-state index contributed by atoms with van der Waals surface area (Å²) in [7, 11) is 1.59. The fraction of sp³-hybridized carbons (Fsp3) is 0.444. The molecule has 2 aliphatic rings. The number of hydrogen-bond donors (Lipinski definition) is 3.